The number of hydrogen-bond donors (Lipinski definition) is 1. The monoisotopic (exact) mass is 539 g/mol. The summed E-state index contributed by atoms with van der Waals surface area (Å²) < 4.78 is 54.1. The first-order valence-electron chi connectivity index (χ1n) is 12.3. The summed E-state index contributed by atoms with van der Waals surface area (Å²) in [5.74, 6) is -2.54. The molecule has 0 amide bonds. The van der Waals surface area contributed by atoms with Gasteiger partial charge in [0.15, 0.2) is 0 Å². The highest BCUT2D eigenvalue weighted by molar-refractivity contribution is 5.66. The van der Waals surface area contributed by atoms with Crippen LogP contribution in [0.3, 0.4) is 0 Å². The molecule has 1 N–H and O–H groups in total. The first kappa shape index (κ1) is 28.0. The Kier molecular flexibility index (Phi) is 8.78. The van der Waals surface area contributed by atoms with Crippen molar-refractivity contribution >= 4 is 0 Å². The van der Waals surface area contributed by atoms with Crippen molar-refractivity contribution in [3.63, 3.8) is 0 Å². The molecular weight excluding hydrogens is 511 g/mol. The lowest BCUT2D eigenvalue weighted by Gasteiger charge is -2.24. The summed E-state index contributed by atoms with van der Waals surface area (Å²) in [6, 6.07) is 10.9. The quantitative estimate of drug-likeness (QED) is 0.282. The molecular formula is C29H28F3N3O4. The number of aromatic hydroxyl groups is 1. The van der Waals surface area contributed by atoms with Gasteiger partial charge in [-0.1, -0.05) is 24.3 Å². The van der Waals surface area contributed by atoms with Gasteiger partial charge in [-0.25, -0.2) is 13.8 Å². The first-order chi connectivity index (χ1) is 18.7. The third-order valence-electron chi connectivity index (χ3n) is 6.39. The second kappa shape index (κ2) is 12.2. The Hall–Kier alpha value is -4.02. The highest BCUT2D eigenvalue weighted by Gasteiger charge is 2.25. The molecule has 2 aromatic carbocycles. The SMILES string of the molecule is CCOCc1nc(O)c(Cc2ccc(-c3ccnc(F)c3C)cc2)c(=O)n1C(COC)c1cc(F)cc(F)c1. The zero-order valence-electron chi connectivity index (χ0n) is 21.7. The minimum atomic E-state index is -0.943. The van der Waals surface area contributed by atoms with Crippen LogP contribution in [0.5, 0.6) is 5.88 Å². The maximum absolute atomic E-state index is 14.1. The zero-order chi connectivity index (χ0) is 28.1. The predicted octanol–water partition coefficient (Wildman–Crippen LogP) is 5.10. The fourth-order valence-electron chi connectivity index (χ4n) is 4.45. The summed E-state index contributed by atoms with van der Waals surface area (Å²) in [6.07, 6.45) is 1.41. The summed E-state index contributed by atoms with van der Waals surface area (Å²) >= 11 is 0. The Balaban J connectivity index is 1.78. The van der Waals surface area contributed by atoms with Gasteiger partial charge >= 0.3 is 0 Å². The van der Waals surface area contributed by atoms with Crippen molar-refractivity contribution in [2.45, 2.75) is 32.9 Å². The van der Waals surface area contributed by atoms with Gasteiger partial charge in [0, 0.05) is 38.0 Å². The molecule has 0 spiro atoms. The van der Waals surface area contributed by atoms with Gasteiger partial charge in [0.25, 0.3) is 5.56 Å². The minimum absolute atomic E-state index is 0.00730. The van der Waals surface area contributed by atoms with E-state index in [9.17, 15) is 23.1 Å². The van der Waals surface area contributed by atoms with Crippen LogP contribution in [-0.2, 0) is 22.5 Å². The Morgan fingerprint density at radius 1 is 1.05 bits per heavy atom. The second-order valence-corrected chi connectivity index (χ2v) is 8.96. The molecule has 0 radical (unpaired) electrons. The van der Waals surface area contributed by atoms with Crippen molar-refractivity contribution < 1.29 is 27.8 Å². The van der Waals surface area contributed by atoms with Crippen LogP contribution in [0.2, 0.25) is 0 Å². The normalized spacial score (nSPS) is 12.1. The standard InChI is InChI=1S/C29H28F3N3O4/c1-4-39-16-26-34-28(36)24(11-18-5-7-19(8-6-18)23-9-10-33-27(32)17(23)2)29(37)35(26)25(15-38-3)20-12-21(30)14-22(31)13-20/h5-10,12-14,25,36H,4,11,15-16H2,1-3H3. The van der Waals surface area contributed by atoms with E-state index < -0.39 is 35.1 Å². The fourth-order valence-corrected chi connectivity index (χ4v) is 4.45. The molecule has 4 aromatic rings. The summed E-state index contributed by atoms with van der Waals surface area (Å²) in [5, 5.41) is 10.7. The van der Waals surface area contributed by atoms with E-state index in [4.69, 9.17) is 9.47 Å². The molecule has 0 aliphatic rings. The van der Waals surface area contributed by atoms with Crippen LogP contribution < -0.4 is 5.56 Å². The fraction of sp³-hybridized carbons (Fsp3) is 0.276. The molecule has 0 saturated heterocycles. The van der Waals surface area contributed by atoms with Crippen LogP contribution in [0.25, 0.3) is 11.1 Å². The van der Waals surface area contributed by atoms with Crippen molar-refractivity contribution in [1.29, 1.82) is 0 Å². The van der Waals surface area contributed by atoms with Crippen LogP contribution in [0.1, 0.15) is 41.0 Å². The van der Waals surface area contributed by atoms with Gasteiger partial charge < -0.3 is 14.6 Å². The van der Waals surface area contributed by atoms with Gasteiger partial charge in [0.2, 0.25) is 11.8 Å². The Bertz CT molecular complexity index is 1500. The molecule has 1 atom stereocenters. The number of methoxy groups -OCH3 is 1. The van der Waals surface area contributed by atoms with E-state index >= 15 is 0 Å². The number of ether oxygens (including phenoxy) is 2. The number of hydrogen-bond acceptors (Lipinski definition) is 6. The predicted molar refractivity (Wildman–Crippen MR) is 139 cm³/mol. The van der Waals surface area contributed by atoms with Gasteiger partial charge in [-0.2, -0.15) is 9.37 Å². The van der Waals surface area contributed by atoms with E-state index in [2.05, 4.69) is 9.97 Å². The lowest BCUT2D eigenvalue weighted by atomic mass is 9.99. The van der Waals surface area contributed by atoms with Crippen molar-refractivity contribution in [1.82, 2.24) is 14.5 Å². The summed E-state index contributed by atoms with van der Waals surface area (Å²) in [4.78, 5) is 21.7. The van der Waals surface area contributed by atoms with Gasteiger partial charge in [-0.3, -0.25) is 9.36 Å². The van der Waals surface area contributed by atoms with E-state index in [1.165, 1.54) is 17.9 Å². The van der Waals surface area contributed by atoms with Gasteiger partial charge in [-0.05, 0) is 54.3 Å². The van der Waals surface area contributed by atoms with Crippen LogP contribution in [-0.4, -0.2) is 40.0 Å². The van der Waals surface area contributed by atoms with Crippen LogP contribution in [0.15, 0.2) is 59.5 Å². The van der Waals surface area contributed by atoms with Gasteiger partial charge in [0.1, 0.15) is 24.1 Å². The highest BCUT2D eigenvalue weighted by atomic mass is 19.1. The molecule has 2 heterocycles. The van der Waals surface area contributed by atoms with E-state index in [0.717, 1.165) is 23.8 Å². The average Bonchev–Trinajstić information content (AvgIpc) is 2.90. The van der Waals surface area contributed by atoms with E-state index in [1.54, 1.807) is 44.2 Å². The van der Waals surface area contributed by atoms with Crippen LogP contribution >= 0.6 is 0 Å². The van der Waals surface area contributed by atoms with Gasteiger partial charge in [-0.15, -0.1) is 0 Å². The Morgan fingerprint density at radius 3 is 2.38 bits per heavy atom. The van der Waals surface area contributed by atoms with Crippen molar-refractivity contribution in [2.24, 2.45) is 0 Å². The third-order valence-corrected chi connectivity index (χ3v) is 6.39. The molecule has 0 bridgehead atoms. The lowest BCUT2D eigenvalue weighted by Crippen LogP contribution is -2.34. The summed E-state index contributed by atoms with van der Waals surface area (Å²) in [5.41, 5.74) is 2.11. The van der Waals surface area contributed by atoms with Gasteiger partial charge in [0.05, 0.1) is 18.2 Å². The molecule has 0 aliphatic carbocycles. The highest BCUT2D eigenvalue weighted by Crippen LogP contribution is 2.27. The minimum Gasteiger partial charge on any atom is -0.493 e. The lowest BCUT2D eigenvalue weighted by molar-refractivity contribution is 0.116. The molecule has 39 heavy (non-hydrogen) atoms. The summed E-state index contributed by atoms with van der Waals surface area (Å²) in [6.45, 7) is 3.51. The van der Waals surface area contributed by atoms with E-state index in [-0.39, 0.29) is 36.6 Å². The molecule has 1 unspecified atom stereocenters. The first-order valence-corrected chi connectivity index (χ1v) is 12.3. The maximum Gasteiger partial charge on any atom is 0.261 e. The molecule has 0 aliphatic heterocycles. The van der Waals surface area contributed by atoms with Crippen LogP contribution in [0, 0.1) is 24.5 Å². The van der Waals surface area contributed by atoms with Crippen molar-refractivity contribution in [3.05, 3.63) is 111 Å². The molecule has 0 saturated carbocycles. The van der Waals surface area contributed by atoms with E-state index in [0.29, 0.717) is 23.3 Å². The molecule has 7 nitrogen and oxygen atoms in total. The largest absolute Gasteiger partial charge is 0.493 e. The zero-order valence-corrected chi connectivity index (χ0v) is 21.7. The Morgan fingerprint density at radius 2 is 1.74 bits per heavy atom. The second-order valence-electron chi connectivity index (χ2n) is 8.96. The number of nitrogens with zero attached hydrogens (tertiary/aromatic N) is 3. The van der Waals surface area contributed by atoms with E-state index in [1.807, 2.05) is 0 Å². The topological polar surface area (TPSA) is 86.5 Å². The smallest absolute Gasteiger partial charge is 0.261 e. The number of halogens is 3. The molecule has 0 fully saturated rings. The number of pyridine rings is 1. The Labute approximate surface area is 223 Å². The van der Waals surface area contributed by atoms with Crippen molar-refractivity contribution in [2.75, 3.05) is 20.3 Å². The number of rotatable bonds is 10. The van der Waals surface area contributed by atoms with Crippen molar-refractivity contribution in [3.8, 4) is 17.0 Å². The molecule has 4 rings (SSSR count). The average molecular weight is 540 g/mol. The molecule has 204 valence electrons. The maximum atomic E-state index is 14.1. The number of aromatic nitrogens is 3. The summed E-state index contributed by atoms with van der Waals surface area (Å²) in [7, 11) is 1.41. The molecule has 2 aromatic heterocycles. The van der Waals surface area contributed by atoms with Crippen LogP contribution in [0.4, 0.5) is 13.2 Å². The molecule has 10 heteroatoms. The number of benzene rings is 2. The third kappa shape index (κ3) is 6.18.